The van der Waals surface area contributed by atoms with Crippen molar-refractivity contribution in [3.8, 4) is 0 Å². The molecule has 0 aromatic heterocycles. The molecule has 0 fully saturated rings. The minimum Gasteiger partial charge on any atom is -0.357 e. The number of hydrogen-bond donors (Lipinski definition) is 3. The first-order chi connectivity index (χ1) is 7.72. The van der Waals surface area contributed by atoms with Crippen molar-refractivity contribution in [2.75, 3.05) is 20.1 Å². The number of carbonyl (C=O) groups excluding carboxylic acids is 2. The molecule has 0 heterocycles. The summed E-state index contributed by atoms with van der Waals surface area (Å²) in [6, 6.07) is 0. The summed E-state index contributed by atoms with van der Waals surface area (Å²) >= 11 is 0. The number of rotatable bonds is 8. The smallest absolute Gasteiger partial charge is 0.250 e. The van der Waals surface area contributed by atoms with Crippen LogP contribution in [0.1, 0.15) is 0 Å². The quantitative estimate of drug-likeness (QED) is 0.126. The van der Waals surface area contributed by atoms with Gasteiger partial charge in [0.25, 0.3) is 0 Å². The van der Waals surface area contributed by atoms with Gasteiger partial charge in [0.1, 0.15) is 0 Å². The Morgan fingerprint density at radius 2 is 2.25 bits per heavy atom. The molecule has 6 nitrogen and oxygen atoms in total. The van der Waals surface area contributed by atoms with Crippen molar-refractivity contribution in [2.45, 2.75) is 0 Å². The van der Waals surface area contributed by atoms with Gasteiger partial charge in [-0.25, -0.2) is 0 Å². The summed E-state index contributed by atoms with van der Waals surface area (Å²) in [7, 11) is 1.54. The number of nitrogens with zero attached hydrogens (tertiary/aromatic N) is 1. The Hall–Kier alpha value is -2.11. The van der Waals surface area contributed by atoms with Crippen LogP contribution in [0.3, 0.4) is 0 Å². The monoisotopic (exact) mass is 224 g/mol. The van der Waals surface area contributed by atoms with E-state index in [0.29, 0.717) is 25.1 Å². The fraction of sp³-hybridized carbons (Fsp3) is 0.300. The molecule has 3 N–H and O–H groups in total. The van der Waals surface area contributed by atoms with E-state index in [1.54, 1.807) is 6.20 Å². The molecule has 6 heteroatoms. The maximum atomic E-state index is 11.0. The van der Waals surface area contributed by atoms with E-state index in [1.165, 1.54) is 19.5 Å². The fourth-order valence-corrected chi connectivity index (χ4v) is 0.733. The van der Waals surface area contributed by atoms with Crippen LogP contribution < -0.4 is 16.0 Å². The average Bonchev–Trinajstić information content (AvgIpc) is 2.31. The Bertz CT molecular complexity index is 297. The number of hydrogen-bond acceptors (Lipinski definition) is 3. The van der Waals surface area contributed by atoms with E-state index in [1.807, 2.05) is 0 Å². The van der Waals surface area contributed by atoms with Gasteiger partial charge < -0.3 is 16.0 Å². The Balaban J connectivity index is 3.64. The number of aliphatic imine (C=N–C) groups is 1. The van der Waals surface area contributed by atoms with Gasteiger partial charge in [0.15, 0.2) is 0 Å². The molecule has 0 unspecified atom stereocenters. The summed E-state index contributed by atoms with van der Waals surface area (Å²) in [5, 5.41) is 7.66. The minimum absolute atomic E-state index is 0.231. The van der Waals surface area contributed by atoms with Crippen molar-refractivity contribution in [1.82, 2.24) is 16.0 Å². The maximum Gasteiger partial charge on any atom is 0.250 e. The molecule has 16 heavy (non-hydrogen) atoms. The molecule has 0 atom stereocenters. The molecule has 0 saturated heterocycles. The first kappa shape index (κ1) is 13.9. The van der Waals surface area contributed by atoms with Crippen LogP contribution in [0.2, 0.25) is 0 Å². The molecule has 0 rings (SSSR count). The summed E-state index contributed by atoms with van der Waals surface area (Å²) in [5.41, 5.74) is 0.353. The highest BCUT2D eigenvalue weighted by Crippen LogP contribution is 1.89. The van der Waals surface area contributed by atoms with Gasteiger partial charge in [0.05, 0.1) is 12.9 Å². The molecule has 0 aliphatic carbocycles. The third kappa shape index (κ3) is 7.31. The van der Waals surface area contributed by atoms with Crippen LogP contribution in [0.4, 0.5) is 0 Å². The number of likely N-dealkylation sites (N-methyl/N-ethyl adjacent to an activating group) is 1. The van der Waals surface area contributed by atoms with Gasteiger partial charge >= 0.3 is 0 Å². The van der Waals surface area contributed by atoms with Crippen LogP contribution in [0, 0.1) is 0 Å². The van der Waals surface area contributed by atoms with E-state index in [9.17, 15) is 9.59 Å². The summed E-state index contributed by atoms with van der Waals surface area (Å²) < 4.78 is 0. The van der Waals surface area contributed by atoms with Gasteiger partial charge in [-0.05, 0) is 6.08 Å². The van der Waals surface area contributed by atoms with Crippen molar-refractivity contribution in [3.05, 3.63) is 24.4 Å². The van der Waals surface area contributed by atoms with Crippen molar-refractivity contribution < 1.29 is 9.59 Å². The fourth-order valence-electron chi connectivity index (χ4n) is 0.733. The third-order valence-electron chi connectivity index (χ3n) is 1.53. The molecule has 88 valence electrons. The molecular formula is C10H16N4O2. The molecule has 0 saturated carbocycles. The van der Waals surface area contributed by atoms with Crippen LogP contribution >= 0.6 is 0 Å². The van der Waals surface area contributed by atoms with E-state index in [-0.39, 0.29) is 5.91 Å². The SMILES string of the molecule is C=C(/C=C\NC=NCCNC=O)C(=O)NC. The Kier molecular flexibility index (Phi) is 8.20. The van der Waals surface area contributed by atoms with E-state index in [4.69, 9.17) is 0 Å². The average molecular weight is 224 g/mol. The van der Waals surface area contributed by atoms with Crippen LogP contribution in [-0.4, -0.2) is 38.8 Å². The van der Waals surface area contributed by atoms with E-state index in [2.05, 4.69) is 27.5 Å². The largest absolute Gasteiger partial charge is 0.357 e. The van der Waals surface area contributed by atoms with Crippen molar-refractivity contribution >= 4 is 18.7 Å². The van der Waals surface area contributed by atoms with Crippen molar-refractivity contribution in [1.29, 1.82) is 0 Å². The third-order valence-corrected chi connectivity index (χ3v) is 1.53. The number of nitrogens with one attached hydrogen (secondary N) is 3. The van der Waals surface area contributed by atoms with E-state index < -0.39 is 0 Å². The molecule has 0 aromatic carbocycles. The molecule has 0 aliphatic heterocycles. The van der Waals surface area contributed by atoms with Gasteiger partial charge in [-0.1, -0.05) is 6.58 Å². The predicted molar refractivity (Wildman–Crippen MR) is 62.9 cm³/mol. The van der Waals surface area contributed by atoms with E-state index >= 15 is 0 Å². The van der Waals surface area contributed by atoms with Gasteiger partial charge in [0.2, 0.25) is 12.3 Å². The van der Waals surface area contributed by atoms with Crippen molar-refractivity contribution in [3.63, 3.8) is 0 Å². The highest BCUT2D eigenvalue weighted by molar-refractivity contribution is 5.95. The number of carbonyl (C=O) groups is 2. The summed E-state index contributed by atoms with van der Waals surface area (Å²) in [6.45, 7) is 4.54. The van der Waals surface area contributed by atoms with Gasteiger partial charge in [0, 0.05) is 25.4 Å². The molecule has 0 bridgehead atoms. The minimum atomic E-state index is -0.231. The molecule has 0 radical (unpaired) electrons. The van der Waals surface area contributed by atoms with Crippen LogP contribution in [0.5, 0.6) is 0 Å². The summed E-state index contributed by atoms with van der Waals surface area (Å²) in [6.07, 6.45) is 5.18. The zero-order valence-corrected chi connectivity index (χ0v) is 9.19. The molecule has 0 spiro atoms. The Morgan fingerprint density at radius 1 is 1.50 bits per heavy atom. The summed E-state index contributed by atoms with van der Waals surface area (Å²) in [5.74, 6) is -0.231. The first-order valence-corrected chi connectivity index (χ1v) is 4.71. The lowest BCUT2D eigenvalue weighted by Gasteiger charge is -1.96. The predicted octanol–water partition coefficient (Wildman–Crippen LogP) is -0.834. The second-order valence-corrected chi connectivity index (χ2v) is 2.71. The second-order valence-electron chi connectivity index (χ2n) is 2.71. The summed E-state index contributed by atoms with van der Waals surface area (Å²) in [4.78, 5) is 24.8. The van der Waals surface area contributed by atoms with Crippen LogP contribution in [0.15, 0.2) is 29.4 Å². The standard InChI is InChI=1S/C10H16N4O2/c1-9(10(16)11-2)3-4-12-7-13-5-6-14-8-15/h3-4,7-8H,1,5-6H2,2H3,(H,11,16)(H,12,13)(H,14,15)/b4-3-. The molecular weight excluding hydrogens is 208 g/mol. The van der Waals surface area contributed by atoms with Crippen LogP contribution in [0.25, 0.3) is 0 Å². The highest BCUT2D eigenvalue weighted by Gasteiger charge is 1.97. The van der Waals surface area contributed by atoms with Gasteiger partial charge in [-0.2, -0.15) is 0 Å². The Labute approximate surface area is 94.5 Å². The van der Waals surface area contributed by atoms with Crippen molar-refractivity contribution in [2.24, 2.45) is 4.99 Å². The lowest BCUT2D eigenvalue weighted by atomic mass is 10.3. The lowest BCUT2D eigenvalue weighted by Crippen LogP contribution is -2.18. The lowest BCUT2D eigenvalue weighted by molar-refractivity contribution is -0.116. The number of amides is 2. The van der Waals surface area contributed by atoms with Gasteiger partial charge in [-0.15, -0.1) is 0 Å². The normalized spacial score (nSPS) is 10.3. The zero-order valence-electron chi connectivity index (χ0n) is 9.19. The molecule has 2 amide bonds. The molecule has 0 aliphatic rings. The highest BCUT2D eigenvalue weighted by atomic mass is 16.1. The second kappa shape index (κ2) is 9.45. The molecule has 0 aromatic rings. The van der Waals surface area contributed by atoms with E-state index in [0.717, 1.165) is 0 Å². The Morgan fingerprint density at radius 3 is 2.88 bits per heavy atom. The maximum absolute atomic E-state index is 11.0. The topological polar surface area (TPSA) is 82.6 Å². The zero-order chi connectivity index (χ0) is 12.2. The van der Waals surface area contributed by atoms with Gasteiger partial charge in [-0.3, -0.25) is 14.6 Å². The van der Waals surface area contributed by atoms with Crippen LogP contribution in [-0.2, 0) is 9.59 Å². The first-order valence-electron chi connectivity index (χ1n) is 4.71.